The lowest BCUT2D eigenvalue weighted by Crippen LogP contribution is -2.40. The predicted molar refractivity (Wildman–Crippen MR) is 63.7 cm³/mol. The summed E-state index contributed by atoms with van der Waals surface area (Å²) >= 11 is 0. The average molecular weight is 205 g/mol. The maximum absolute atomic E-state index is 10.9. The molecule has 0 saturated heterocycles. The van der Waals surface area contributed by atoms with Gasteiger partial charge in [-0.1, -0.05) is 37.3 Å². The molecule has 1 rings (SSSR count). The minimum absolute atomic E-state index is 0.787. The van der Waals surface area contributed by atoms with Gasteiger partial charge in [-0.15, -0.1) is 0 Å². The molecule has 0 aliphatic heterocycles. The van der Waals surface area contributed by atoms with Gasteiger partial charge in [-0.05, 0) is 24.6 Å². The third-order valence-corrected chi connectivity index (χ3v) is 4.40. The smallest absolute Gasteiger partial charge is 0.233 e. The van der Waals surface area contributed by atoms with Crippen molar-refractivity contribution in [1.29, 1.82) is 0 Å². The van der Waals surface area contributed by atoms with Gasteiger partial charge >= 0.3 is 0 Å². The third-order valence-electron chi connectivity index (χ3n) is 2.39. The Bertz CT molecular complexity index is 361. The van der Waals surface area contributed by atoms with Gasteiger partial charge in [0, 0.05) is 5.56 Å². The van der Waals surface area contributed by atoms with E-state index in [-0.39, 0.29) is 0 Å². The van der Waals surface area contributed by atoms with Crippen molar-refractivity contribution in [2.45, 2.75) is 33.5 Å². The number of benzene rings is 1. The molecule has 0 saturated carbocycles. The summed E-state index contributed by atoms with van der Waals surface area (Å²) in [6.45, 7) is 10.8. The molecule has 0 aliphatic carbocycles. The van der Waals surface area contributed by atoms with Crippen LogP contribution in [0.3, 0.4) is 0 Å². The minimum Gasteiger partial charge on any atom is -0.285 e. The molecule has 0 amide bonds. The molecule has 2 heteroatoms. The topological polar surface area (TPSA) is 17.1 Å². The van der Waals surface area contributed by atoms with E-state index in [9.17, 15) is 4.79 Å². The summed E-state index contributed by atoms with van der Waals surface area (Å²) < 4.78 is 0. The van der Waals surface area contributed by atoms with Gasteiger partial charge in [0.05, 0.1) is 8.07 Å². The molecule has 0 bridgehead atoms. The molecule has 14 heavy (non-hydrogen) atoms. The summed E-state index contributed by atoms with van der Waals surface area (Å²) in [6.07, 6.45) is 2.08. The molecular weight excluding hydrogens is 188 g/mol. The second-order valence-electron chi connectivity index (χ2n) is 4.86. The van der Waals surface area contributed by atoms with Crippen LogP contribution in [0, 0.1) is 13.8 Å². The summed E-state index contributed by atoms with van der Waals surface area (Å²) in [4.78, 5) is 10.9. The first-order chi connectivity index (χ1) is 6.36. The Hall–Kier alpha value is -0.893. The first-order valence-electron chi connectivity index (χ1n) is 4.86. The van der Waals surface area contributed by atoms with E-state index in [2.05, 4.69) is 38.9 Å². The fourth-order valence-electron chi connectivity index (χ4n) is 1.69. The zero-order chi connectivity index (χ0) is 10.9. The summed E-state index contributed by atoms with van der Waals surface area (Å²) in [5.41, 5.74) is 3.08. The van der Waals surface area contributed by atoms with Gasteiger partial charge in [-0.2, -0.15) is 0 Å². The monoisotopic (exact) mass is 205 g/mol. The highest BCUT2D eigenvalue weighted by atomic mass is 28.3. The molecule has 0 atom stereocenters. The van der Waals surface area contributed by atoms with E-state index in [1.165, 1.54) is 10.8 Å². The molecule has 0 N–H and O–H groups in total. The average Bonchev–Trinajstić information content (AvgIpc) is 2.01. The van der Waals surface area contributed by atoms with Crippen LogP contribution in [0.5, 0.6) is 0 Å². The number of hydrogen-bond donors (Lipinski definition) is 0. The lowest BCUT2D eigenvalue weighted by atomic mass is 10.1. The quantitative estimate of drug-likeness (QED) is 0.677. The molecule has 0 aliphatic rings. The number of hydrogen-bond acceptors (Lipinski definition) is 1. The van der Waals surface area contributed by atoms with E-state index in [1.54, 1.807) is 0 Å². The number of aryl methyl sites for hydroxylation is 2. The first kappa shape index (κ1) is 11.2. The van der Waals surface area contributed by atoms with Crippen molar-refractivity contribution in [2.24, 2.45) is 0 Å². The van der Waals surface area contributed by atoms with Crippen LogP contribution in [0.4, 0.5) is 0 Å². The third kappa shape index (κ3) is 2.12. The summed E-state index contributed by atoms with van der Waals surface area (Å²) in [5.74, 6) is 0. The molecule has 1 aromatic rings. The second-order valence-corrected chi connectivity index (χ2v) is 9.90. The van der Waals surface area contributed by atoms with Crippen molar-refractivity contribution >= 4 is 19.5 Å². The molecule has 75 valence electrons. The van der Waals surface area contributed by atoms with E-state index in [0.29, 0.717) is 0 Å². The summed E-state index contributed by atoms with van der Waals surface area (Å²) in [7, 11) is -1.42. The lowest BCUT2D eigenvalue weighted by Gasteiger charge is -2.20. The van der Waals surface area contributed by atoms with Gasteiger partial charge in [0.1, 0.15) is 0 Å². The Morgan fingerprint density at radius 2 is 1.71 bits per heavy atom. The molecule has 0 unspecified atom stereocenters. The van der Waals surface area contributed by atoms with Crippen molar-refractivity contribution < 1.29 is 4.79 Å². The predicted octanol–water partition coefficient (Wildman–Crippen LogP) is 2.31. The molecule has 0 fully saturated rings. The zero-order valence-corrected chi connectivity index (χ0v) is 10.6. The van der Waals surface area contributed by atoms with Crippen LogP contribution < -0.4 is 5.19 Å². The highest BCUT2D eigenvalue weighted by molar-refractivity contribution is 6.89. The van der Waals surface area contributed by atoms with E-state index in [0.717, 1.165) is 11.1 Å². The Balaban J connectivity index is 3.48. The Morgan fingerprint density at radius 1 is 1.14 bits per heavy atom. The van der Waals surface area contributed by atoms with Gasteiger partial charge in [0.2, 0.25) is 6.29 Å². The Labute approximate surface area is 87.2 Å². The van der Waals surface area contributed by atoms with Crippen LogP contribution in [0.25, 0.3) is 0 Å². The summed E-state index contributed by atoms with van der Waals surface area (Å²) in [5, 5.41) is 1.23. The van der Waals surface area contributed by atoms with E-state index in [1.807, 2.05) is 13.0 Å². The molecule has 1 nitrogen and oxygen atoms in total. The van der Waals surface area contributed by atoms with Crippen molar-refractivity contribution in [1.82, 2.24) is 0 Å². The lowest BCUT2D eigenvalue weighted by molar-refractivity contribution is 0.562. The van der Waals surface area contributed by atoms with Crippen molar-refractivity contribution in [3.8, 4) is 0 Å². The molecule has 1 radical (unpaired) electrons. The van der Waals surface area contributed by atoms with Crippen LogP contribution in [0.1, 0.15) is 16.7 Å². The van der Waals surface area contributed by atoms with Crippen molar-refractivity contribution in [3.05, 3.63) is 28.8 Å². The highest BCUT2D eigenvalue weighted by Gasteiger charge is 2.21. The molecule has 0 heterocycles. The van der Waals surface area contributed by atoms with Crippen LogP contribution in [-0.4, -0.2) is 14.4 Å². The van der Waals surface area contributed by atoms with Crippen molar-refractivity contribution in [3.63, 3.8) is 0 Å². The molecule has 1 aromatic carbocycles. The fourth-order valence-corrected chi connectivity index (χ4v) is 3.35. The van der Waals surface area contributed by atoms with Gasteiger partial charge in [-0.3, -0.25) is 4.79 Å². The van der Waals surface area contributed by atoms with Crippen LogP contribution in [-0.2, 0) is 4.79 Å². The van der Waals surface area contributed by atoms with E-state index in [4.69, 9.17) is 0 Å². The summed E-state index contributed by atoms with van der Waals surface area (Å²) in [6, 6.07) is 4.18. The Kier molecular flexibility index (Phi) is 2.95. The maximum Gasteiger partial charge on any atom is 0.233 e. The number of carbonyl (C=O) groups excluding carboxylic acids is 1. The van der Waals surface area contributed by atoms with Crippen molar-refractivity contribution in [2.75, 3.05) is 0 Å². The van der Waals surface area contributed by atoms with Crippen LogP contribution in [0.2, 0.25) is 19.6 Å². The van der Waals surface area contributed by atoms with Crippen LogP contribution in [0.15, 0.2) is 12.1 Å². The van der Waals surface area contributed by atoms with Crippen LogP contribution >= 0.6 is 0 Å². The van der Waals surface area contributed by atoms with Gasteiger partial charge < -0.3 is 0 Å². The number of rotatable bonds is 2. The highest BCUT2D eigenvalue weighted by Crippen LogP contribution is 2.12. The molecular formula is C12H17OSi. The second kappa shape index (κ2) is 3.69. The SMILES string of the molecule is Cc1cc(C)c([C]=O)c([Si](C)(C)C)c1. The van der Waals surface area contributed by atoms with Gasteiger partial charge in [0.15, 0.2) is 0 Å². The molecule has 0 spiro atoms. The molecule has 0 aromatic heterocycles. The van der Waals surface area contributed by atoms with E-state index >= 15 is 0 Å². The standard InChI is InChI=1S/C12H17OSi/c1-9-6-10(2)11(8-13)12(7-9)14(3,4)5/h6-7H,1-5H3. The maximum atomic E-state index is 10.9. The normalized spacial score (nSPS) is 11.5. The minimum atomic E-state index is -1.42. The van der Waals surface area contributed by atoms with Gasteiger partial charge in [-0.25, -0.2) is 0 Å². The zero-order valence-electron chi connectivity index (χ0n) is 9.56. The van der Waals surface area contributed by atoms with Gasteiger partial charge in [0.25, 0.3) is 0 Å². The van der Waals surface area contributed by atoms with E-state index < -0.39 is 8.07 Å². The first-order valence-corrected chi connectivity index (χ1v) is 8.36. The Morgan fingerprint density at radius 3 is 2.14 bits per heavy atom. The fraction of sp³-hybridized carbons (Fsp3) is 0.417. The largest absolute Gasteiger partial charge is 0.285 e.